The van der Waals surface area contributed by atoms with Gasteiger partial charge in [0.1, 0.15) is 23.6 Å². The van der Waals surface area contributed by atoms with E-state index in [2.05, 4.69) is 9.97 Å². The number of anilines is 1. The highest BCUT2D eigenvalue weighted by Gasteiger charge is 2.38. The van der Waals surface area contributed by atoms with E-state index >= 15 is 4.39 Å². The van der Waals surface area contributed by atoms with Crippen LogP contribution in [0.5, 0.6) is 0 Å². The van der Waals surface area contributed by atoms with Gasteiger partial charge in [-0.05, 0) is 62.6 Å². The van der Waals surface area contributed by atoms with Crippen molar-refractivity contribution in [2.75, 3.05) is 18.5 Å². The summed E-state index contributed by atoms with van der Waals surface area (Å²) in [6, 6.07) is 5.59. The van der Waals surface area contributed by atoms with Gasteiger partial charge in [0.2, 0.25) is 0 Å². The first-order chi connectivity index (χ1) is 21.1. The summed E-state index contributed by atoms with van der Waals surface area (Å²) in [7, 11) is 1.04. The minimum absolute atomic E-state index is 0.284. The predicted molar refractivity (Wildman–Crippen MR) is 159 cm³/mol. The number of benzene rings is 2. The number of nitrogens with one attached hydrogen (secondary N) is 1. The summed E-state index contributed by atoms with van der Waals surface area (Å²) in [5.74, 6) is -9.20. The molecule has 3 rings (SSSR count). The van der Waals surface area contributed by atoms with Crippen LogP contribution in [0, 0.1) is 18.7 Å². The molecule has 3 atom stereocenters. The van der Waals surface area contributed by atoms with Gasteiger partial charge in [0.05, 0.1) is 22.5 Å². The monoisotopic (exact) mass is 627 g/mol. The maximum absolute atomic E-state index is 15.3. The van der Waals surface area contributed by atoms with Gasteiger partial charge in [-0.1, -0.05) is 6.07 Å². The number of nitrogens with zero attached hydrogens (tertiary/aromatic N) is 3. The Kier molecular flexibility index (Phi) is 11.1. The third kappa shape index (κ3) is 8.26. The van der Waals surface area contributed by atoms with Crippen LogP contribution in [0.25, 0.3) is 10.9 Å². The van der Waals surface area contributed by atoms with E-state index in [1.807, 2.05) is 6.92 Å². The summed E-state index contributed by atoms with van der Waals surface area (Å²) in [4.78, 5) is 82.3. The number of ketones is 1. The average Bonchev–Trinajstić information content (AvgIpc) is 2.97. The van der Waals surface area contributed by atoms with Gasteiger partial charge in [-0.3, -0.25) is 24.0 Å². The van der Waals surface area contributed by atoms with Gasteiger partial charge < -0.3 is 35.8 Å². The van der Waals surface area contributed by atoms with Gasteiger partial charge in [0, 0.05) is 32.2 Å². The van der Waals surface area contributed by atoms with Gasteiger partial charge in [-0.15, -0.1) is 0 Å². The molecule has 0 fully saturated rings. The number of amides is 1. The zero-order chi connectivity index (χ0) is 33.6. The van der Waals surface area contributed by atoms with Crippen LogP contribution in [-0.2, 0) is 25.7 Å². The lowest BCUT2D eigenvalue weighted by atomic mass is 9.89. The number of halogens is 1. The summed E-state index contributed by atoms with van der Waals surface area (Å²) in [6.07, 6.45) is -1.75. The number of likely N-dealkylation sites (N-methyl/N-ethyl adjacent to an activating group) is 1. The van der Waals surface area contributed by atoms with E-state index in [0.717, 1.165) is 18.7 Å². The van der Waals surface area contributed by atoms with Gasteiger partial charge >= 0.3 is 17.9 Å². The molecule has 14 nitrogen and oxygen atoms in total. The summed E-state index contributed by atoms with van der Waals surface area (Å²) < 4.78 is 15.3. The number of aromatic amines is 1. The number of aliphatic carboxylic acids is 3. The van der Waals surface area contributed by atoms with Crippen LogP contribution in [0.3, 0.4) is 0 Å². The molecule has 45 heavy (non-hydrogen) atoms. The van der Waals surface area contributed by atoms with Crippen molar-refractivity contribution >= 4 is 46.2 Å². The predicted octanol–water partition coefficient (Wildman–Crippen LogP) is 1.77. The molecule has 1 unspecified atom stereocenters. The van der Waals surface area contributed by atoms with E-state index in [4.69, 9.17) is 10.8 Å². The average molecular weight is 628 g/mol. The number of carboxylic acid groups (broad SMARTS) is 3. The lowest BCUT2D eigenvalue weighted by Gasteiger charge is -2.28. The summed E-state index contributed by atoms with van der Waals surface area (Å²) in [6.45, 7) is 4.21. The highest BCUT2D eigenvalue weighted by Crippen LogP contribution is 2.24. The number of aromatic nitrogens is 2. The van der Waals surface area contributed by atoms with Gasteiger partial charge in [-0.2, -0.15) is 0 Å². The fourth-order valence-corrected chi connectivity index (χ4v) is 4.88. The fraction of sp³-hybridized carbons (Fsp3) is 0.367. The SMILES string of the molecule is CCN(Cc1ccc2nc(C)[nH]c(=O)c2c1)c1ccc(C(=O)N(C)[C@@H](CC(C(=O)O)C(=O)[C@@H](N)CCC(=O)O)C(=O)O)c(F)c1. The molecular weight excluding hydrogens is 593 g/mol. The van der Waals surface area contributed by atoms with E-state index in [1.165, 1.54) is 12.1 Å². The summed E-state index contributed by atoms with van der Waals surface area (Å²) in [5.41, 5.74) is 6.55. The third-order valence-corrected chi connectivity index (χ3v) is 7.40. The van der Waals surface area contributed by atoms with E-state index in [0.29, 0.717) is 33.9 Å². The Hall–Kier alpha value is -5.18. The van der Waals surface area contributed by atoms with E-state index < -0.39 is 71.8 Å². The first kappa shape index (κ1) is 34.3. The lowest BCUT2D eigenvalue weighted by molar-refractivity contribution is -0.149. The molecule has 0 spiro atoms. The molecule has 0 radical (unpaired) electrons. The lowest BCUT2D eigenvalue weighted by Crippen LogP contribution is -2.48. The topological polar surface area (TPSA) is 224 Å². The molecule has 15 heteroatoms. The first-order valence-corrected chi connectivity index (χ1v) is 13.9. The molecule has 2 aromatic carbocycles. The largest absolute Gasteiger partial charge is 0.481 e. The number of aryl methyl sites for hydroxylation is 1. The number of hydrogen-bond acceptors (Lipinski definition) is 9. The fourth-order valence-electron chi connectivity index (χ4n) is 4.88. The number of nitrogens with two attached hydrogens (primary N) is 1. The van der Waals surface area contributed by atoms with Crippen molar-refractivity contribution in [3.8, 4) is 0 Å². The van der Waals surface area contributed by atoms with Crippen molar-refractivity contribution in [1.82, 2.24) is 14.9 Å². The maximum atomic E-state index is 15.3. The smallest absolute Gasteiger partial charge is 0.326 e. The molecule has 0 saturated carbocycles. The number of rotatable bonds is 15. The Bertz CT molecular complexity index is 1690. The van der Waals surface area contributed by atoms with E-state index in [9.17, 15) is 39.0 Å². The highest BCUT2D eigenvalue weighted by atomic mass is 19.1. The number of carbonyl (C=O) groups is 5. The van der Waals surface area contributed by atoms with E-state index in [-0.39, 0.29) is 18.5 Å². The van der Waals surface area contributed by atoms with Crippen molar-refractivity contribution in [3.05, 3.63) is 69.5 Å². The molecular formula is C30H34FN5O9. The van der Waals surface area contributed by atoms with Crippen LogP contribution in [-0.4, -0.2) is 85.5 Å². The number of carboxylic acids is 3. The molecule has 0 aliphatic heterocycles. The quantitative estimate of drug-likeness (QED) is 0.152. The Morgan fingerprint density at radius 3 is 2.31 bits per heavy atom. The number of fused-ring (bicyclic) bond motifs is 1. The minimum atomic E-state index is -1.96. The van der Waals surface area contributed by atoms with Gasteiger partial charge in [0.15, 0.2) is 5.78 Å². The zero-order valence-corrected chi connectivity index (χ0v) is 24.8. The van der Waals surface area contributed by atoms with Gasteiger partial charge in [0.25, 0.3) is 11.5 Å². The van der Waals surface area contributed by atoms with Crippen LogP contribution in [0.2, 0.25) is 0 Å². The molecule has 3 aromatic rings. The Morgan fingerprint density at radius 1 is 1.04 bits per heavy atom. The zero-order valence-electron chi connectivity index (χ0n) is 24.8. The molecule has 0 bridgehead atoms. The van der Waals surface area contributed by atoms with Gasteiger partial charge in [-0.25, -0.2) is 14.2 Å². The van der Waals surface area contributed by atoms with Crippen molar-refractivity contribution < 1.29 is 43.7 Å². The molecule has 0 aliphatic rings. The third-order valence-electron chi connectivity index (χ3n) is 7.40. The van der Waals surface area contributed by atoms with Crippen LogP contribution >= 0.6 is 0 Å². The van der Waals surface area contributed by atoms with Crippen LogP contribution in [0.1, 0.15) is 47.9 Å². The van der Waals surface area contributed by atoms with Crippen molar-refractivity contribution in [3.63, 3.8) is 0 Å². The molecule has 1 aromatic heterocycles. The number of carbonyl (C=O) groups excluding carboxylic acids is 2. The number of hydrogen-bond donors (Lipinski definition) is 5. The number of Topliss-reactive ketones (excluding diaryl/α,β-unsaturated/α-hetero) is 1. The molecule has 1 heterocycles. The molecule has 0 saturated heterocycles. The Morgan fingerprint density at radius 2 is 1.73 bits per heavy atom. The van der Waals surface area contributed by atoms with Crippen molar-refractivity contribution in [1.29, 1.82) is 0 Å². The summed E-state index contributed by atoms with van der Waals surface area (Å²) >= 11 is 0. The number of H-pyrrole nitrogens is 1. The second-order valence-corrected chi connectivity index (χ2v) is 10.5. The maximum Gasteiger partial charge on any atom is 0.326 e. The minimum Gasteiger partial charge on any atom is -0.481 e. The molecule has 1 amide bonds. The second kappa shape index (κ2) is 14.5. The second-order valence-electron chi connectivity index (χ2n) is 10.5. The highest BCUT2D eigenvalue weighted by molar-refractivity contribution is 6.02. The van der Waals surface area contributed by atoms with Crippen molar-refractivity contribution in [2.45, 2.75) is 51.7 Å². The normalized spacial score (nSPS) is 13.1. The summed E-state index contributed by atoms with van der Waals surface area (Å²) in [5, 5.41) is 28.6. The van der Waals surface area contributed by atoms with Crippen molar-refractivity contribution in [2.24, 2.45) is 11.7 Å². The Labute approximate surface area is 256 Å². The first-order valence-electron chi connectivity index (χ1n) is 13.9. The van der Waals surface area contributed by atoms with Crippen LogP contribution < -0.4 is 16.2 Å². The Balaban J connectivity index is 1.81. The van der Waals surface area contributed by atoms with Crippen LogP contribution in [0.15, 0.2) is 41.2 Å². The van der Waals surface area contributed by atoms with E-state index in [1.54, 1.807) is 30.0 Å². The molecule has 6 N–H and O–H groups in total. The molecule has 0 aliphatic carbocycles. The van der Waals surface area contributed by atoms with Crippen LogP contribution in [0.4, 0.5) is 10.1 Å². The molecule has 240 valence electrons. The standard InChI is InChI=1S/C30H34FN5O9/c1-4-36(14-16-5-9-23-19(11-16)27(40)34-15(2)33-23)17-6-7-18(21(31)12-17)28(41)35(3)24(30(44)45)13-20(29(42)43)26(39)22(32)8-10-25(37)38/h5-7,9,11-12,20,22,24H,4,8,10,13-14,32H2,1-3H3,(H,37,38)(H,42,43)(H,44,45)(H,33,34,40)/t20?,22-,24-/m0/s1.